The van der Waals surface area contributed by atoms with Crippen LogP contribution in [0.4, 0.5) is 4.39 Å². The second kappa shape index (κ2) is 9.99. The zero-order valence-corrected chi connectivity index (χ0v) is 19.0. The fourth-order valence-electron chi connectivity index (χ4n) is 4.79. The minimum absolute atomic E-state index is 0.205. The summed E-state index contributed by atoms with van der Waals surface area (Å²) < 4.78 is 20.5. The number of methoxy groups -OCH3 is 1. The monoisotopic (exact) mass is 426 g/mol. The highest BCUT2D eigenvalue weighted by Crippen LogP contribution is 2.37. The lowest BCUT2D eigenvalue weighted by Crippen LogP contribution is -2.11. The molecule has 0 unspecified atom stereocenters. The predicted molar refractivity (Wildman–Crippen MR) is 133 cm³/mol. The maximum atomic E-state index is 15.2. The normalized spacial score (nSPS) is 18.6. The van der Waals surface area contributed by atoms with Crippen molar-refractivity contribution in [2.45, 2.75) is 38.5 Å². The summed E-state index contributed by atoms with van der Waals surface area (Å²) in [6.07, 6.45) is 10.9. The van der Waals surface area contributed by atoms with E-state index in [9.17, 15) is 0 Å². The molecule has 0 saturated heterocycles. The molecule has 3 aromatic rings. The quantitative estimate of drug-likeness (QED) is 0.358. The number of ether oxygens (including phenoxy) is 1. The van der Waals surface area contributed by atoms with E-state index in [0.29, 0.717) is 17.4 Å². The summed E-state index contributed by atoms with van der Waals surface area (Å²) in [7, 11) is 1.65. The van der Waals surface area contributed by atoms with E-state index in [2.05, 4.69) is 36.9 Å². The molecule has 0 aliphatic heterocycles. The number of hydrogen-bond acceptors (Lipinski definition) is 1. The molecule has 0 heterocycles. The number of allylic oxidation sites excluding steroid dienone is 2. The SMILES string of the molecule is C=C[C@H]1CC[C@H](c2ccc(-c3ccc(-c4ccc(OC)cc4C=CC)cc3F)cc2)CC1. The lowest BCUT2D eigenvalue weighted by atomic mass is 9.78. The predicted octanol–water partition coefficient (Wildman–Crippen LogP) is 8.66. The maximum absolute atomic E-state index is 15.2. The molecule has 4 rings (SSSR count). The summed E-state index contributed by atoms with van der Waals surface area (Å²) in [5.41, 5.74) is 5.77. The average Bonchev–Trinajstić information content (AvgIpc) is 2.84. The van der Waals surface area contributed by atoms with Crippen LogP contribution in [-0.4, -0.2) is 7.11 Å². The third-order valence-corrected chi connectivity index (χ3v) is 6.68. The molecule has 1 saturated carbocycles. The molecule has 0 amide bonds. The van der Waals surface area contributed by atoms with Crippen LogP contribution in [0.5, 0.6) is 5.75 Å². The van der Waals surface area contributed by atoms with Gasteiger partial charge >= 0.3 is 0 Å². The molecule has 0 atom stereocenters. The molecule has 32 heavy (non-hydrogen) atoms. The van der Waals surface area contributed by atoms with Crippen LogP contribution in [0, 0.1) is 11.7 Å². The molecule has 0 N–H and O–H groups in total. The Morgan fingerprint density at radius 1 is 0.875 bits per heavy atom. The van der Waals surface area contributed by atoms with Gasteiger partial charge in [-0.1, -0.05) is 60.7 Å². The zero-order valence-electron chi connectivity index (χ0n) is 19.0. The highest BCUT2D eigenvalue weighted by atomic mass is 19.1. The van der Waals surface area contributed by atoms with Gasteiger partial charge in [0.2, 0.25) is 0 Å². The van der Waals surface area contributed by atoms with Gasteiger partial charge < -0.3 is 4.74 Å². The summed E-state index contributed by atoms with van der Waals surface area (Å²) in [4.78, 5) is 0. The number of benzene rings is 3. The molecular weight excluding hydrogens is 395 g/mol. The van der Waals surface area contributed by atoms with Crippen LogP contribution in [0.15, 0.2) is 79.4 Å². The molecule has 0 aromatic heterocycles. The van der Waals surface area contributed by atoms with E-state index in [1.807, 2.05) is 49.4 Å². The third-order valence-electron chi connectivity index (χ3n) is 6.68. The Bertz CT molecular complexity index is 1100. The van der Waals surface area contributed by atoms with Gasteiger partial charge in [0, 0.05) is 5.56 Å². The highest BCUT2D eigenvalue weighted by Gasteiger charge is 2.20. The van der Waals surface area contributed by atoms with Crippen molar-refractivity contribution >= 4 is 6.08 Å². The summed E-state index contributed by atoms with van der Waals surface area (Å²) in [6, 6.07) is 19.9. The Hall–Kier alpha value is -3.13. The minimum atomic E-state index is -0.205. The van der Waals surface area contributed by atoms with Crippen LogP contribution in [0.1, 0.15) is 49.7 Å². The Morgan fingerprint density at radius 3 is 2.19 bits per heavy atom. The van der Waals surface area contributed by atoms with E-state index >= 15 is 4.39 Å². The Kier molecular flexibility index (Phi) is 6.90. The second-order valence-electron chi connectivity index (χ2n) is 8.62. The molecule has 0 radical (unpaired) electrons. The Morgan fingerprint density at radius 2 is 1.56 bits per heavy atom. The van der Waals surface area contributed by atoms with Crippen LogP contribution < -0.4 is 4.74 Å². The molecular formula is C30H31FO. The molecule has 2 heteroatoms. The number of halogens is 1. The van der Waals surface area contributed by atoms with Gasteiger partial charge in [0.1, 0.15) is 11.6 Å². The molecule has 3 aromatic carbocycles. The van der Waals surface area contributed by atoms with Crippen molar-refractivity contribution in [2.24, 2.45) is 5.92 Å². The van der Waals surface area contributed by atoms with Crippen LogP contribution >= 0.6 is 0 Å². The van der Waals surface area contributed by atoms with Crippen molar-refractivity contribution in [3.8, 4) is 28.0 Å². The van der Waals surface area contributed by atoms with Gasteiger partial charge in [0.05, 0.1) is 7.11 Å². The average molecular weight is 427 g/mol. The van der Waals surface area contributed by atoms with Gasteiger partial charge in [-0.25, -0.2) is 4.39 Å². The van der Waals surface area contributed by atoms with Crippen LogP contribution in [0.3, 0.4) is 0 Å². The highest BCUT2D eigenvalue weighted by molar-refractivity contribution is 5.78. The minimum Gasteiger partial charge on any atom is -0.497 e. The van der Waals surface area contributed by atoms with Gasteiger partial charge in [-0.2, -0.15) is 0 Å². The van der Waals surface area contributed by atoms with E-state index in [1.165, 1.54) is 31.2 Å². The van der Waals surface area contributed by atoms with E-state index < -0.39 is 0 Å². The fourth-order valence-corrected chi connectivity index (χ4v) is 4.79. The van der Waals surface area contributed by atoms with E-state index in [1.54, 1.807) is 13.2 Å². The first-order valence-corrected chi connectivity index (χ1v) is 11.5. The van der Waals surface area contributed by atoms with Crippen LogP contribution in [0.25, 0.3) is 28.3 Å². The fraction of sp³-hybridized carbons (Fsp3) is 0.267. The Balaban J connectivity index is 1.57. The first kappa shape index (κ1) is 22.1. The van der Waals surface area contributed by atoms with Crippen molar-refractivity contribution in [1.29, 1.82) is 0 Å². The van der Waals surface area contributed by atoms with Crippen molar-refractivity contribution in [1.82, 2.24) is 0 Å². The zero-order chi connectivity index (χ0) is 22.5. The number of hydrogen-bond donors (Lipinski definition) is 0. The van der Waals surface area contributed by atoms with Crippen molar-refractivity contribution in [3.63, 3.8) is 0 Å². The van der Waals surface area contributed by atoms with Crippen molar-refractivity contribution < 1.29 is 9.13 Å². The maximum Gasteiger partial charge on any atom is 0.131 e. The standard InChI is InChI=1S/C30H31FO/c1-4-6-25-19-27(32-3)16-18-28(25)26-15-17-29(30(31)20-26)24-13-11-23(12-14-24)22-9-7-21(5-2)8-10-22/h4-6,11-22H,2,7-10H2,1,3H3/t21-,22-. The molecule has 0 bridgehead atoms. The Labute approximate surface area is 191 Å². The van der Waals surface area contributed by atoms with Gasteiger partial charge in [-0.15, -0.1) is 6.58 Å². The summed E-state index contributed by atoms with van der Waals surface area (Å²) in [6.45, 7) is 5.91. The summed E-state index contributed by atoms with van der Waals surface area (Å²) >= 11 is 0. The van der Waals surface area contributed by atoms with E-state index in [-0.39, 0.29) is 5.82 Å². The molecule has 1 fully saturated rings. The first-order chi connectivity index (χ1) is 15.6. The molecule has 1 nitrogen and oxygen atoms in total. The molecule has 0 spiro atoms. The lowest BCUT2D eigenvalue weighted by molar-refractivity contribution is 0.376. The van der Waals surface area contributed by atoms with Gasteiger partial charge in [-0.3, -0.25) is 0 Å². The van der Waals surface area contributed by atoms with Crippen LogP contribution in [-0.2, 0) is 0 Å². The third kappa shape index (κ3) is 4.70. The van der Waals surface area contributed by atoms with Crippen LogP contribution in [0.2, 0.25) is 0 Å². The van der Waals surface area contributed by atoms with E-state index in [4.69, 9.17) is 4.74 Å². The van der Waals surface area contributed by atoms with E-state index in [0.717, 1.165) is 28.0 Å². The molecule has 164 valence electrons. The van der Waals surface area contributed by atoms with Crippen molar-refractivity contribution in [2.75, 3.05) is 7.11 Å². The number of rotatable bonds is 6. The summed E-state index contributed by atoms with van der Waals surface area (Å²) in [5.74, 6) is 1.85. The van der Waals surface area contributed by atoms with Gasteiger partial charge in [-0.05, 0) is 90.5 Å². The topological polar surface area (TPSA) is 9.23 Å². The molecule has 1 aliphatic rings. The first-order valence-electron chi connectivity index (χ1n) is 11.5. The molecule has 1 aliphatic carbocycles. The smallest absolute Gasteiger partial charge is 0.131 e. The van der Waals surface area contributed by atoms with Gasteiger partial charge in [0.25, 0.3) is 0 Å². The van der Waals surface area contributed by atoms with Crippen molar-refractivity contribution in [3.05, 3.63) is 96.3 Å². The second-order valence-corrected chi connectivity index (χ2v) is 8.62. The van der Waals surface area contributed by atoms with Gasteiger partial charge in [0.15, 0.2) is 0 Å². The largest absolute Gasteiger partial charge is 0.497 e. The summed E-state index contributed by atoms with van der Waals surface area (Å²) in [5, 5.41) is 0. The lowest BCUT2D eigenvalue weighted by Gasteiger charge is -2.27.